The standard InChI is InChI=1S/C25H40N4O3S/c1-27(24-12-6-3-7-13-24)33(31,32)29-16-8-11-22(20-29)25(30)26-23-14-17-28(18-15-23)19-21-9-4-2-5-10-21/h2,4-5,9-10,22-24H,3,6-8,11-20H2,1H3,(H,26,30). The Bertz CT molecular complexity index is 865. The predicted molar refractivity (Wildman–Crippen MR) is 131 cm³/mol. The predicted octanol–water partition coefficient (Wildman–Crippen LogP) is 2.99. The molecule has 1 aromatic rings. The number of amides is 1. The van der Waals surface area contributed by atoms with Gasteiger partial charge in [-0.05, 0) is 44.1 Å². The first kappa shape index (κ1) is 24.6. The highest BCUT2D eigenvalue weighted by atomic mass is 32.2. The zero-order chi connectivity index (χ0) is 23.3. The zero-order valence-corrected chi connectivity index (χ0v) is 20.8. The van der Waals surface area contributed by atoms with Gasteiger partial charge in [0, 0.05) is 51.9 Å². The van der Waals surface area contributed by atoms with Crippen LogP contribution in [0.4, 0.5) is 0 Å². The fraction of sp³-hybridized carbons (Fsp3) is 0.720. The van der Waals surface area contributed by atoms with E-state index in [9.17, 15) is 13.2 Å². The molecule has 2 heterocycles. The van der Waals surface area contributed by atoms with Crippen LogP contribution in [-0.4, -0.2) is 73.1 Å². The van der Waals surface area contributed by atoms with Crippen LogP contribution in [0.5, 0.6) is 0 Å². The van der Waals surface area contributed by atoms with Gasteiger partial charge in [0.2, 0.25) is 5.91 Å². The lowest BCUT2D eigenvalue weighted by molar-refractivity contribution is -0.127. The maximum atomic E-state index is 13.2. The van der Waals surface area contributed by atoms with Gasteiger partial charge in [0.15, 0.2) is 0 Å². The number of hydrogen-bond donors (Lipinski definition) is 1. The van der Waals surface area contributed by atoms with Gasteiger partial charge in [-0.2, -0.15) is 17.0 Å². The lowest BCUT2D eigenvalue weighted by Crippen LogP contribution is -2.53. The number of benzene rings is 1. The van der Waals surface area contributed by atoms with E-state index in [4.69, 9.17) is 0 Å². The summed E-state index contributed by atoms with van der Waals surface area (Å²) in [7, 11) is -1.80. The minimum Gasteiger partial charge on any atom is -0.353 e. The van der Waals surface area contributed by atoms with E-state index in [2.05, 4.69) is 34.5 Å². The summed E-state index contributed by atoms with van der Waals surface area (Å²) in [5, 5.41) is 3.24. The number of nitrogens with zero attached hydrogens (tertiary/aromatic N) is 3. The van der Waals surface area contributed by atoms with Crippen LogP contribution in [0.2, 0.25) is 0 Å². The van der Waals surface area contributed by atoms with Crippen molar-refractivity contribution in [2.24, 2.45) is 5.92 Å². The molecule has 1 N–H and O–H groups in total. The summed E-state index contributed by atoms with van der Waals surface area (Å²) in [5.74, 6) is -0.229. The van der Waals surface area contributed by atoms with Gasteiger partial charge >= 0.3 is 0 Å². The van der Waals surface area contributed by atoms with Crippen LogP contribution in [0.15, 0.2) is 30.3 Å². The maximum absolute atomic E-state index is 13.2. The molecular weight excluding hydrogens is 436 g/mol. The summed E-state index contributed by atoms with van der Waals surface area (Å²) in [4.78, 5) is 15.5. The van der Waals surface area contributed by atoms with Gasteiger partial charge in [-0.1, -0.05) is 49.6 Å². The SMILES string of the molecule is CN(C1CCCCC1)S(=O)(=O)N1CCCC(C(=O)NC2CCN(Cc3ccccc3)CC2)C1. The van der Waals surface area contributed by atoms with Crippen LogP contribution in [-0.2, 0) is 21.5 Å². The molecule has 7 nitrogen and oxygen atoms in total. The zero-order valence-electron chi connectivity index (χ0n) is 20.0. The molecule has 184 valence electrons. The van der Waals surface area contributed by atoms with E-state index in [0.29, 0.717) is 13.1 Å². The lowest BCUT2D eigenvalue weighted by Gasteiger charge is -2.38. The van der Waals surface area contributed by atoms with Gasteiger partial charge in [-0.15, -0.1) is 0 Å². The Labute approximate surface area is 199 Å². The number of hydrogen-bond acceptors (Lipinski definition) is 4. The van der Waals surface area contributed by atoms with Gasteiger partial charge in [0.1, 0.15) is 0 Å². The number of carbonyl (C=O) groups excluding carboxylic acids is 1. The topological polar surface area (TPSA) is 73.0 Å². The van der Waals surface area contributed by atoms with Crippen molar-refractivity contribution >= 4 is 16.1 Å². The summed E-state index contributed by atoms with van der Waals surface area (Å²) in [6, 6.07) is 10.8. The first-order chi connectivity index (χ1) is 15.9. The normalized spacial score (nSPS) is 24.7. The highest BCUT2D eigenvalue weighted by Gasteiger charge is 2.37. The first-order valence-electron chi connectivity index (χ1n) is 12.7. The van der Waals surface area contributed by atoms with Crippen LogP contribution in [0.25, 0.3) is 0 Å². The Morgan fingerprint density at radius 2 is 1.67 bits per heavy atom. The Kier molecular flexibility index (Phi) is 8.43. The van der Waals surface area contributed by atoms with E-state index >= 15 is 0 Å². The summed E-state index contributed by atoms with van der Waals surface area (Å²) >= 11 is 0. The van der Waals surface area contributed by atoms with Gasteiger partial charge in [0.05, 0.1) is 5.92 Å². The monoisotopic (exact) mass is 476 g/mol. The molecular formula is C25H40N4O3S. The fourth-order valence-corrected chi connectivity index (χ4v) is 7.26. The molecule has 0 spiro atoms. The number of likely N-dealkylation sites (tertiary alicyclic amines) is 1. The minimum absolute atomic E-state index is 0.0247. The van der Waals surface area contributed by atoms with E-state index in [-0.39, 0.29) is 23.9 Å². The van der Waals surface area contributed by atoms with Crippen molar-refractivity contribution in [1.82, 2.24) is 18.8 Å². The molecule has 0 aromatic heterocycles. The van der Waals surface area contributed by atoms with Crippen LogP contribution in [0, 0.1) is 5.92 Å². The van der Waals surface area contributed by atoms with Crippen molar-refractivity contribution in [1.29, 1.82) is 0 Å². The molecule has 0 radical (unpaired) electrons. The number of nitrogens with one attached hydrogen (secondary N) is 1. The lowest BCUT2D eigenvalue weighted by atomic mass is 9.96. The highest BCUT2D eigenvalue weighted by molar-refractivity contribution is 7.86. The molecule has 2 saturated heterocycles. The molecule has 2 aliphatic heterocycles. The van der Waals surface area contributed by atoms with E-state index < -0.39 is 10.2 Å². The third-order valence-electron chi connectivity index (χ3n) is 7.72. The van der Waals surface area contributed by atoms with E-state index in [1.807, 2.05) is 6.07 Å². The van der Waals surface area contributed by atoms with Gasteiger partial charge in [-0.25, -0.2) is 0 Å². The Morgan fingerprint density at radius 3 is 2.36 bits per heavy atom. The quantitative estimate of drug-likeness (QED) is 0.657. The largest absolute Gasteiger partial charge is 0.353 e. The molecule has 1 aromatic carbocycles. The summed E-state index contributed by atoms with van der Waals surface area (Å²) < 4.78 is 29.6. The third-order valence-corrected chi connectivity index (χ3v) is 9.73. The van der Waals surface area contributed by atoms with Crippen molar-refractivity contribution in [3.63, 3.8) is 0 Å². The van der Waals surface area contributed by atoms with Gasteiger partial charge in [0.25, 0.3) is 10.2 Å². The van der Waals surface area contributed by atoms with Crippen molar-refractivity contribution in [2.75, 3.05) is 33.2 Å². The molecule has 1 amide bonds. The molecule has 1 atom stereocenters. The van der Waals surface area contributed by atoms with E-state index in [1.54, 1.807) is 15.7 Å². The van der Waals surface area contributed by atoms with Crippen LogP contribution in [0.1, 0.15) is 63.4 Å². The van der Waals surface area contributed by atoms with Crippen LogP contribution in [0.3, 0.4) is 0 Å². The second-order valence-electron chi connectivity index (χ2n) is 10.1. The van der Waals surface area contributed by atoms with E-state index in [0.717, 1.165) is 71.0 Å². The van der Waals surface area contributed by atoms with Crippen molar-refractivity contribution in [3.8, 4) is 0 Å². The maximum Gasteiger partial charge on any atom is 0.281 e. The van der Waals surface area contributed by atoms with E-state index in [1.165, 1.54) is 12.0 Å². The summed E-state index contributed by atoms with van der Waals surface area (Å²) in [5.41, 5.74) is 1.32. The molecule has 3 fully saturated rings. The fourth-order valence-electron chi connectivity index (χ4n) is 5.58. The van der Waals surface area contributed by atoms with Gasteiger partial charge < -0.3 is 5.32 Å². The number of carbonyl (C=O) groups is 1. The van der Waals surface area contributed by atoms with Crippen LogP contribution < -0.4 is 5.32 Å². The van der Waals surface area contributed by atoms with Crippen molar-refractivity contribution < 1.29 is 13.2 Å². The van der Waals surface area contributed by atoms with Crippen molar-refractivity contribution in [3.05, 3.63) is 35.9 Å². The molecule has 1 unspecified atom stereocenters. The van der Waals surface area contributed by atoms with Crippen LogP contribution >= 0.6 is 0 Å². The highest BCUT2D eigenvalue weighted by Crippen LogP contribution is 2.27. The molecule has 1 saturated carbocycles. The first-order valence-corrected chi connectivity index (χ1v) is 14.1. The number of rotatable bonds is 7. The molecule has 33 heavy (non-hydrogen) atoms. The Morgan fingerprint density at radius 1 is 0.970 bits per heavy atom. The van der Waals surface area contributed by atoms with Gasteiger partial charge in [-0.3, -0.25) is 9.69 Å². The molecule has 3 aliphatic rings. The Hall–Kier alpha value is -1.48. The smallest absolute Gasteiger partial charge is 0.281 e. The number of piperidine rings is 2. The third kappa shape index (κ3) is 6.35. The molecule has 8 heteroatoms. The Balaban J connectivity index is 1.26. The average Bonchev–Trinajstić information content (AvgIpc) is 2.86. The molecule has 4 rings (SSSR count). The minimum atomic E-state index is -3.52. The molecule has 0 bridgehead atoms. The summed E-state index contributed by atoms with van der Waals surface area (Å²) in [6.45, 7) is 3.71. The molecule has 1 aliphatic carbocycles. The second-order valence-corrected chi connectivity index (χ2v) is 12.0. The second kappa shape index (κ2) is 11.3. The summed E-state index contributed by atoms with van der Waals surface area (Å²) in [6.07, 6.45) is 8.66. The van der Waals surface area contributed by atoms with Crippen molar-refractivity contribution in [2.45, 2.75) is 76.4 Å². The average molecular weight is 477 g/mol.